The highest BCUT2D eigenvalue weighted by Crippen LogP contribution is 2.31. The van der Waals surface area contributed by atoms with Crippen molar-refractivity contribution in [1.29, 1.82) is 0 Å². The topological polar surface area (TPSA) is 58.6 Å². The average molecular weight is 395 g/mol. The van der Waals surface area contributed by atoms with E-state index in [-0.39, 0.29) is 22.5 Å². The summed E-state index contributed by atoms with van der Waals surface area (Å²) in [4.78, 5) is 2.40. The molecule has 1 aliphatic rings. The van der Waals surface area contributed by atoms with Crippen LogP contribution in [0.1, 0.15) is 24.4 Å². The molecule has 140 valence electrons. The number of benzene rings is 2. The molecule has 0 aliphatic carbocycles. The Morgan fingerprint density at radius 1 is 1.12 bits per heavy atom. The number of hydrogen-bond donors (Lipinski definition) is 1. The molecule has 1 unspecified atom stereocenters. The lowest BCUT2D eigenvalue weighted by molar-refractivity contribution is 0.240. The van der Waals surface area contributed by atoms with Crippen LogP contribution in [0.2, 0.25) is 5.02 Å². The first kappa shape index (κ1) is 19.2. The summed E-state index contributed by atoms with van der Waals surface area (Å²) in [6, 6.07) is 14.1. The van der Waals surface area contributed by atoms with E-state index >= 15 is 0 Å². The highest BCUT2D eigenvalue weighted by atomic mass is 35.5. The molecule has 1 N–H and O–H groups in total. The highest BCUT2D eigenvalue weighted by Gasteiger charge is 2.28. The zero-order chi connectivity index (χ0) is 18.6. The van der Waals surface area contributed by atoms with Gasteiger partial charge in [0.1, 0.15) is 10.6 Å². The van der Waals surface area contributed by atoms with Crippen LogP contribution in [-0.2, 0) is 10.0 Å². The van der Waals surface area contributed by atoms with E-state index in [1.165, 1.54) is 6.07 Å². The smallest absolute Gasteiger partial charge is 0.242 e. The van der Waals surface area contributed by atoms with Crippen molar-refractivity contribution in [2.24, 2.45) is 0 Å². The van der Waals surface area contributed by atoms with Gasteiger partial charge in [-0.1, -0.05) is 41.9 Å². The highest BCUT2D eigenvalue weighted by molar-refractivity contribution is 7.89. The van der Waals surface area contributed by atoms with E-state index in [0.29, 0.717) is 0 Å². The van der Waals surface area contributed by atoms with Gasteiger partial charge in [-0.15, -0.1) is 0 Å². The van der Waals surface area contributed by atoms with Crippen LogP contribution in [0.5, 0.6) is 5.75 Å². The minimum atomic E-state index is -3.69. The molecule has 1 fully saturated rings. The Morgan fingerprint density at radius 2 is 1.77 bits per heavy atom. The van der Waals surface area contributed by atoms with Crippen molar-refractivity contribution in [2.75, 3.05) is 26.7 Å². The van der Waals surface area contributed by atoms with Crippen molar-refractivity contribution >= 4 is 21.6 Å². The fraction of sp³-hybridized carbons (Fsp3) is 0.368. The molecule has 0 amide bonds. The summed E-state index contributed by atoms with van der Waals surface area (Å²) in [6.07, 6.45) is 2.23. The Bertz CT molecular complexity index is 851. The molecule has 26 heavy (non-hydrogen) atoms. The number of ether oxygens (including phenoxy) is 1. The number of nitrogens with one attached hydrogen (secondary N) is 1. The summed E-state index contributed by atoms with van der Waals surface area (Å²) in [6.45, 7) is 2.14. The molecule has 0 saturated carbocycles. The number of methoxy groups -OCH3 is 1. The zero-order valence-electron chi connectivity index (χ0n) is 14.7. The summed E-state index contributed by atoms with van der Waals surface area (Å²) in [5.41, 5.74) is 0.985. The molecule has 0 aromatic heterocycles. The molecule has 0 spiro atoms. The van der Waals surface area contributed by atoms with Gasteiger partial charge in [0.05, 0.1) is 18.2 Å². The Kier molecular flexibility index (Phi) is 6.19. The third-order valence-corrected chi connectivity index (χ3v) is 6.60. The molecule has 1 heterocycles. The van der Waals surface area contributed by atoms with E-state index < -0.39 is 10.0 Å². The van der Waals surface area contributed by atoms with Gasteiger partial charge in [-0.3, -0.25) is 4.90 Å². The lowest BCUT2D eigenvalue weighted by atomic mass is 10.0. The Morgan fingerprint density at radius 3 is 2.46 bits per heavy atom. The van der Waals surface area contributed by atoms with E-state index in [0.717, 1.165) is 37.2 Å². The van der Waals surface area contributed by atoms with Crippen LogP contribution >= 0.6 is 11.6 Å². The molecule has 1 aliphatic heterocycles. The maximum absolute atomic E-state index is 12.7. The lowest BCUT2D eigenvalue weighted by Gasteiger charge is -2.29. The second kappa shape index (κ2) is 8.39. The summed E-state index contributed by atoms with van der Waals surface area (Å²) in [7, 11) is -2.06. The number of hydrogen-bond acceptors (Lipinski definition) is 4. The van der Waals surface area contributed by atoms with Crippen LogP contribution in [0.15, 0.2) is 53.4 Å². The Labute approximate surface area is 160 Å². The lowest BCUT2D eigenvalue weighted by Crippen LogP contribution is -2.37. The molecule has 5 nitrogen and oxygen atoms in total. The summed E-state index contributed by atoms with van der Waals surface area (Å²) in [5.74, 6) is 0.765. The first-order valence-electron chi connectivity index (χ1n) is 8.64. The van der Waals surface area contributed by atoms with E-state index in [4.69, 9.17) is 16.3 Å². The molecular weight excluding hydrogens is 372 g/mol. The molecule has 0 radical (unpaired) electrons. The minimum Gasteiger partial charge on any atom is -0.496 e. The van der Waals surface area contributed by atoms with Gasteiger partial charge in [0.15, 0.2) is 0 Å². The number of sulfonamides is 1. The Balaban J connectivity index is 1.86. The van der Waals surface area contributed by atoms with Gasteiger partial charge in [-0.05, 0) is 44.1 Å². The number of para-hydroxylation sites is 1. The van der Waals surface area contributed by atoms with Gasteiger partial charge in [0.2, 0.25) is 10.0 Å². The molecule has 3 rings (SSSR count). The monoisotopic (exact) mass is 394 g/mol. The fourth-order valence-electron chi connectivity index (χ4n) is 3.36. The van der Waals surface area contributed by atoms with Gasteiger partial charge in [-0.2, -0.15) is 0 Å². The molecule has 1 saturated heterocycles. The summed E-state index contributed by atoms with van der Waals surface area (Å²) >= 11 is 6.07. The van der Waals surface area contributed by atoms with Gasteiger partial charge in [0.25, 0.3) is 0 Å². The first-order chi connectivity index (χ1) is 12.5. The van der Waals surface area contributed by atoms with Crippen LogP contribution in [0, 0.1) is 0 Å². The van der Waals surface area contributed by atoms with Crippen molar-refractivity contribution in [2.45, 2.75) is 23.8 Å². The van der Waals surface area contributed by atoms with Crippen molar-refractivity contribution in [3.63, 3.8) is 0 Å². The Hall–Kier alpha value is -1.60. The molecule has 2 aromatic rings. The zero-order valence-corrected chi connectivity index (χ0v) is 16.3. The second-order valence-corrected chi connectivity index (χ2v) is 8.43. The van der Waals surface area contributed by atoms with Crippen LogP contribution in [-0.4, -0.2) is 40.1 Å². The molecule has 7 heteroatoms. The minimum absolute atomic E-state index is 0.0917. The largest absolute Gasteiger partial charge is 0.496 e. The van der Waals surface area contributed by atoms with E-state index in [9.17, 15) is 8.42 Å². The summed E-state index contributed by atoms with van der Waals surface area (Å²) in [5, 5.41) is 0.218. The third-order valence-electron chi connectivity index (χ3n) is 4.67. The maximum atomic E-state index is 12.7. The van der Waals surface area contributed by atoms with Gasteiger partial charge < -0.3 is 4.74 Å². The average Bonchev–Trinajstić information content (AvgIpc) is 3.17. The van der Waals surface area contributed by atoms with E-state index in [2.05, 4.69) is 9.62 Å². The predicted molar refractivity (Wildman–Crippen MR) is 103 cm³/mol. The second-order valence-electron chi connectivity index (χ2n) is 6.28. The number of rotatable bonds is 7. The molecule has 0 bridgehead atoms. The van der Waals surface area contributed by atoms with Crippen molar-refractivity contribution in [1.82, 2.24) is 9.62 Å². The van der Waals surface area contributed by atoms with Crippen LogP contribution in [0.25, 0.3) is 0 Å². The molecular formula is C19H23ClN2O3S. The molecule has 2 aromatic carbocycles. The maximum Gasteiger partial charge on any atom is 0.242 e. The van der Waals surface area contributed by atoms with Crippen LogP contribution in [0.3, 0.4) is 0 Å². The van der Waals surface area contributed by atoms with E-state index in [1.54, 1.807) is 25.3 Å². The molecule has 1 atom stereocenters. The first-order valence-corrected chi connectivity index (χ1v) is 10.5. The predicted octanol–water partition coefficient (Wildman–Crippen LogP) is 3.46. The van der Waals surface area contributed by atoms with Gasteiger partial charge >= 0.3 is 0 Å². The standard InChI is InChI=1S/C19H23ClN2O3S/c1-25-18-10-4-2-8-15(18)17(22-12-6-7-13-22)14-21-26(23,24)19-11-5-3-9-16(19)20/h2-5,8-11,17,21H,6-7,12-14H2,1H3. The SMILES string of the molecule is COc1ccccc1C(CNS(=O)(=O)c1ccccc1Cl)N1CCCC1. The number of nitrogens with zero attached hydrogens (tertiary/aromatic N) is 1. The fourth-order valence-corrected chi connectivity index (χ4v) is 4.92. The normalized spacial score (nSPS) is 16.5. The summed E-state index contributed by atoms with van der Waals surface area (Å²) < 4.78 is 33.7. The van der Waals surface area contributed by atoms with Crippen LogP contribution in [0.4, 0.5) is 0 Å². The van der Waals surface area contributed by atoms with Gasteiger partial charge in [0, 0.05) is 12.1 Å². The third kappa shape index (κ3) is 4.20. The van der Waals surface area contributed by atoms with Crippen molar-refractivity contribution in [3.05, 3.63) is 59.1 Å². The quantitative estimate of drug-likeness (QED) is 0.781. The number of halogens is 1. The van der Waals surface area contributed by atoms with Crippen molar-refractivity contribution in [3.8, 4) is 5.75 Å². The van der Waals surface area contributed by atoms with Crippen molar-refractivity contribution < 1.29 is 13.2 Å². The van der Waals surface area contributed by atoms with Crippen LogP contribution < -0.4 is 9.46 Å². The van der Waals surface area contributed by atoms with E-state index in [1.807, 2.05) is 24.3 Å². The van der Waals surface area contributed by atoms with Gasteiger partial charge in [-0.25, -0.2) is 13.1 Å². The number of likely N-dealkylation sites (tertiary alicyclic amines) is 1.